The summed E-state index contributed by atoms with van der Waals surface area (Å²) < 4.78 is 1.07. The van der Waals surface area contributed by atoms with Gasteiger partial charge in [-0.3, -0.25) is 4.79 Å². The summed E-state index contributed by atoms with van der Waals surface area (Å²) in [5.41, 5.74) is 5.48. The fraction of sp³-hybridized carbons (Fsp3) is 0.583. The van der Waals surface area contributed by atoms with Gasteiger partial charge in [0.05, 0.1) is 12.0 Å². The van der Waals surface area contributed by atoms with Gasteiger partial charge < -0.3 is 11.1 Å². The summed E-state index contributed by atoms with van der Waals surface area (Å²) in [4.78, 5) is 13.3. The molecule has 0 aliphatic heterocycles. The van der Waals surface area contributed by atoms with Gasteiger partial charge in [-0.2, -0.15) is 0 Å². The second kappa shape index (κ2) is 6.89. The molecule has 1 heterocycles. The van der Waals surface area contributed by atoms with Gasteiger partial charge >= 0.3 is 0 Å². The molecule has 0 unspecified atom stereocenters. The van der Waals surface area contributed by atoms with Crippen molar-refractivity contribution in [1.29, 1.82) is 0 Å². The first kappa shape index (κ1) is 16.0. The Bertz CT molecular complexity index is 405. The van der Waals surface area contributed by atoms with Gasteiger partial charge in [-0.05, 0) is 34.8 Å². The number of hydrogen-bond acceptors (Lipinski definition) is 3. The van der Waals surface area contributed by atoms with Crippen LogP contribution in [0.2, 0.25) is 0 Å². The van der Waals surface area contributed by atoms with Crippen LogP contribution in [0.3, 0.4) is 0 Å². The minimum Gasteiger partial charge on any atom is -0.351 e. The van der Waals surface area contributed by atoms with Crippen LogP contribution in [-0.4, -0.2) is 12.5 Å². The highest BCUT2D eigenvalue weighted by Gasteiger charge is 2.39. The van der Waals surface area contributed by atoms with E-state index in [0.717, 1.165) is 35.0 Å². The van der Waals surface area contributed by atoms with Crippen molar-refractivity contribution in [3.05, 3.63) is 20.8 Å². The van der Waals surface area contributed by atoms with Crippen molar-refractivity contribution in [2.45, 2.75) is 32.2 Å². The number of rotatable bonds is 4. The quantitative estimate of drug-likeness (QED) is 0.874. The van der Waals surface area contributed by atoms with E-state index >= 15 is 0 Å². The Labute approximate surface area is 126 Å². The van der Waals surface area contributed by atoms with Gasteiger partial charge in [0.2, 0.25) is 5.91 Å². The Balaban J connectivity index is 0.00000162. The SMILES string of the molecule is Cl.NCC1(C(=O)NCc2cc(Br)cs2)CCCC1. The van der Waals surface area contributed by atoms with Gasteiger partial charge in [0.1, 0.15) is 0 Å². The van der Waals surface area contributed by atoms with Crippen molar-refractivity contribution in [3.8, 4) is 0 Å². The fourth-order valence-electron chi connectivity index (χ4n) is 2.38. The number of carbonyl (C=O) groups excluding carboxylic acids is 1. The van der Waals surface area contributed by atoms with Gasteiger partial charge in [0.25, 0.3) is 0 Å². The van der Waals surface area contributed by atoms with E-state index in [0.29, 0.717) is 13.1 Å². The van der Waals surface area contributed by atoms with E-state index in [1.165, 1.54) is 0 Å². The molecule has 1 aliphatic rings. The van der Waals surface area contributed by atoms with Crippen LogP contribution in [0.15, 0.2) is 15.9 Å². The third kappa shape index (κ3) is 3.47. The molecule has 0 spiro atoms. The smallest absolute Gasteiger partial charge is 0.227 e. The Morgan fingerprint density at radius 1 is 1.50 bits per heavy atom. The van der Waals surface area contributed by atoms with Crippen LogP contribution in [0, 0.1) is 5.41 Å². The molecule has 18 heavy (non-hydrogen) atoms. The van der Waals surface area contributed by atoms with Crippen LogP contribution in [-0.2, 0) is 11.3 Å². The molecule has 0 bridgehead atoms. The highest BCUT2D eigenvalue weighted by atomic mass is 79.9. The van der Waals surface area contributed by atoms with Crippen LogP contribution in [0.4, 0.5) is 0 Å². The average Bonchev–Trinajstić information content (AvgIpc) is 2.95. The summed E-state index contributed by atoms with van der Waals surface area (Å²) in [5, 5.41) is 5.04. The van der Waals surface area contributed by atoms with Crippen LogP contribution >= 0.6 is 39.7 Å². The maximum Gasteiger partial charge on any atom is 0.227 e. The molecular weight excluding hydrogens is 336 g/mol. The number of amides is 1. The summed E-state index contributed by atoms with van der Waals surface area (Å²) >= 11 is 5.06. The number of carbonyl (C=O) groups is 1. The van der Waals surface area contributed by atoms with Crippen molar-refractivity contribution < 1.29 is 4.79 Å². The molecular formula is C12H18BrClN2OS. The highest BCUT2D eigenvalue weighted by Crippen LogP contribution is 2.37. The summed E-state index contributed by atoms with van der Waals surface area (Å²) in [7, 11) is 0. The van der Waals surface area contributed by atoms with Crippen LogP contribution in [0.1, 0.15) is 30.6 Å². The molecule has 1 aliphatic carbocycles. The topological polar surface area (TPSA) is 55.1 Å². The van der Waals surface area contributed by atoms with Gasteiger partial charge in [-0.15, -0.1) is 23.7 Å². The second-order valence-electron chi connectivity index (χ2n) is 4.61. The Morgan fingerprint density at radius 2 is 2.17 bits per heavy atom. The van der Waals surface area contributed by atoms with E-state index in [2.05, 4.69) is 21.2 Å². The molecule has 6 heteroatoms. The first-order chi connectivity index (χ1) is 8.16. The Kier molecular flexibility index (Phi) is 6.11. The van der Waals surface area contributed by atoms with Gasteiger partial charge in [0, 0.05) is 21.3 Å². The van der Waals surface area contributed by atoms with Gasteiger partial charge in [-0.25, -0.2) is 0 Å². The molecule has 0 aromatic carbocycles. The molecule has 2 rings (SSSR count). The van der Waals surface area contributed by atoms with Crippen LogP contribution in [0.25, 0.3) is 0 Å². The summed E-state index contributed by atoms with van der Waals surface area (Å²) in [6.45, 7) is 1.07. The highest BCUT2D eigenvalue weighted by molar-refractivity contribution is 9.10. The lowest BCUT2D eigenvalue weighted by Crippen LogP contribution is -2.43. The van der Waals surface area contributed by atoms with E-state index in [-0.39, 0.29) is 23.7 Å². The molecule has 3 nitrogen and oxygen atoms in total. The first-order valence-electron chi connectivity index (χ1n) is 5.87. The molecule has 0 radical (unpaired) electrons. The van der Waals surface area contributed by atoms with Crippen LogP contribution in [0.5, 0.6) is 0 Å². The first-order valence-corrected chi connectivity index (χ1v) is 7.55. The molecule has 102 valence electrons. The standard InChI is InChI=1S/C12H17BrN2OS.ClH/c13-9-5-10(17-7-9)6-15-11(16)12(8-14)3-1-2-4-12;/h5,7H,1-4,6,8,14H2,(H,15,16);1H. The normalized spacial score (nSPS) is 17.2. The van der Waals surface area contributed by atoms with Gasteiger partial charge in [0.15, 0.2) is 0 Å². The Morgan fingerprint density at radius 3 is 2.67 bits per heavy atom. The number of thiophene rings is 1. The number of nitrogens with one attached hydrogen (secondary N) is 1. The van der Waals surface area contributed by atoms with E-state index in [1.54, 1.807) is 11.3 Å². The number of nitrogens with two attached hydrogens (primary N) is 1. The zero-order valence-corrected chi connectivity index (χ0v) is 13.3. The summed E-state index contributed by atoms with van der Waals surface area (Å²) in [5.74, 6) is 0.127. The van der Waals surface area contributed by atoms with E-state index in [9.17, 15) is 4.79 Å². The fourth-order valence-corrected chi connectivity index (χ4v) is 3.77. The lowest BCUT2D eigenvalue weighted by molar-refractivity contribution is -0.130. The molecule has 1 aromatic rings. The second-order valence-corrected chi connectivity index (χ2v) is 6.52. The maximum atomic E-state index is 12.2. The zero-order chi connectivity index (χ0) is 12.3. The third-order valence-corrected chi connectivity index (χ3v) is 5.18. The largest absolute Gasteiger partial charge is 0.351 e. The van der Waals surface area contributed by atoms with Crippen molar-refractivity contribution in [3.63, 3.8) is 0 Å². The molecule has 0 saturated heterocycles. The predicted molar refractivity (Wildman–Crippen MR) is 81.1 cm³/mol. The number of halogens is 2. The van der Waals surface area contributed by atoms with E-state index < -0.39 is 0 Å². The Hall–Kier alpha value is -0.100. The minimum absolute atomic E-state index is 0. The maximum absolute atomic E-state index is 12.2. The van der Waals surface area contributed by atoms with Crippen LogP contribution < -0.4 is 11.1 Å². The van der Waals surface area contributed by atoms with Crippen molar-refractivity contribution >= 4 is 45.6 Å². The minimum atomic E-state index is -0.297. The molecule has 0 atom stereocenters. The van der Waals surface area contributed by atoms with Gasteiger partial charge in [-0.1, -0.05) is 12.8 Å². The predicted octanol–water partition coefficient (Wildman–Crippen LogP) is 3.07. The van der Waals surface area contributed by atoms with E-state index in [1.807, 2.05) is 11.4 Å². The summed E-state index contributed by atoms with van der Waals surface area (Å²) in [6.07, 6.45) is 4.11. The number of hydrogen-bond donors (Lipinski definition) is 2. The van der Waals surface area contributed by atoms with E-state index in [4.69, 9.17) is 5.73 Å². The third-order valence-electron chi connectivity index (χ3n) is 3.48. The zero-order valence-electron chi connectivity index (χ0n) is 10.1. The lowest BCUT2D eigenvalue weighted by atomic mass is 9.85. The molecule has 1 amide bonds. The molecule has 1 fully saturated rings. The monoisotopic (exact) mass is 352 g/mol. The molecule has 1 saturated carbocycles. The lowest BCUT2D eigenvalue weighted by Gasteiger charge is -2.25. The summed E-state index contributed by atoms with van der Waals surface area (Å²) in [6, 6.07) is 2.04. The molecule has 3 N–H and O–H groups in total. The van der Waals surface area contributed by atoms with Crippen molar-refractivity contribution in [2.24, 2.45) is 11.1 Å². The molecule has 1 aromatic heterocycles. The van der Waals surface area contributed by atoms with Crippen molar-refractivity contribution in [2.75, 3.05) is 6.54 Å². The average molecular weight is 354 g/mol. The van der Waals surface area contributed by atoms with Crippen molar-refractivity contribution in [1.82, 2.24) is 5.32 Å².